The maximum Gasteiger partial charge on any atom is 0.418 e. The molecule has 0 atom stereocenters. The summed E-state index contributed by atoms with van der Waals surface area (Å²) in [6, 6.07) is 10.6. The van der Waals surface area contributed by atoms with Gasteiger partial charge in [-0.15, -0.1) is 0 Å². The molecule has 0 saturated carbocycles. The first-order valence-electron chi connectivity index (χ1n) is 8.84. The van der Waals surface area contributed by atoms with Gasteiger partial charge in [0.1, 0.15) is 5.82 Å². The van der Waals surface area contributed by atoms with Crippen LogP contribution in [0.5, 0.6) is 0 Å². The van der Waals surface area contributed by atoms with Crippen LogP contribution in [0.15, 0.2) is 42.5 Å². The Bertz CT molecular complexity index is 1030. The largest absolute Gasteiger partial charge is 0.418 e. The monoisotopic (exact) mass is 425 g/mol. The molecule has 0 aliphatic carbocycles. The molecule has 3 nitrogen and oxygen atoms in total. The summed E-state index contributed by atoms with van der Waals surface area (Å²) < 4.78 is 42.1. The first-order valence-corrected chi connectivity index (χ1v) is 9.59. The van der Waals surface area contributed by atoms with E-state index < -0.39 is 11.7 Å². The quantitative estimate of drug-likeness (QED) is 0.500. The highest BCUT2D eigenvalue weighted by Gasteiger charge is 2.35. The minimum atomic E-state index is -4.48. The zero-order valence-electron chi connectivity index (χ0n) is 14.7. The number of halogens is 5. The summed E-state index contributed by atoms with van der Waals surface area (Å²) in [5.41, 5.74) is 1.48. The third-order valence-electron chi connectivity index (χ3n) is 4.76. The molecule has 146 valence electrons. The fourth-order valence-corrected chi connectivity index (χ4v) is 3.75. The first-order chi connectivity index (χ1) is 13.4. The fraction of sp³-hybridized carbons (Fsp3) is 0.250. The Morgan fingerprint density at radius 2 is 1.79 bits per heavy atom. The number of benzene rings is 2. The van der Waals surface area contributed by atoms with Crippen LogP contribution in [-0.4, -0.2) is 16.3 Å². The number of rotatable bonds is 2. The van der Waals surface area contributed by atoms with Crippen molar-refractivity contribution in [3.8, 4) is 16.9 Å². The molecule has 2 aromatic carbocycles. The molecule has 1 aliphatic heterocycles. The normalized spacial score (nSPS) is 14.3. The van der Waals surface area contributed by atoms with Gasteiger partial charge in [-0.2, -0.15) is 18.3 Å². The third kappa shape index (κ3) is 3.47. The summed E-state index contributed by atoms with van der Waals surface area (Å²) in [6.07, 6.45) is -1.92. The Labute approximate surface area is 170 Å². The molecule has 3 aromatic rings. The van der Waals surface area contributed by atoms with E-state index in [9.17, 15) is 13.2 Å². The molecule has 4 rings (SSSR count). The van der Waals surface area contributed by atoms with Crippen molar-refractivity contribution in [1.82, 2.24) is 9.78 Å². The molecule has 28 heavy (non-hydrogen) atoms. The van der Waals surface area contributed by atoms with Gasteiger partial charge in [0.15, 0.2) is 0 Å². The van der Waals surface area contributed by atoms with Crippen LogP contribution in [0.2, 0.25) is 10.0 Å². The maximum atomic E-state index is 13.6. The Balaban J connectivity index is 1.95. The van der Waals surface area contributed by atoms with E-state index in [1.807, 2.05) is 0 Å². The number of alkyl halides is 3. The number of aromatic nitrogens is 2. The van der Waals surface area contributed by atoms with Gasteiger partial charge in [0, 0.05) is 17.7 Å². The predicted octanol–water partition coefficient (Wildman–Crippen LogP) is 6.61. The Hall–Kier alpha value is -2.18. The van der Waals surface area contributed by atoms with Crippen molar-refractivity contribution in [2.45, 2.75) is 25.4 Å². The van der Waals surface area contributed by atoms with Crippen molar-refractivity contribution >= 4 is 29.0 Å². The average molecular weight is 426 g/mol. The van der Waals surface area contributed by atoms with Crippen LogP contribution in [0, 0.1) is 0 Å². The van der Waals surface area contributed by atoms with Crippen LogP contribution in [0.1, 0.15) is 24.0 Å². The molecule has 0 fully saturated rings. The lowest BCUT2D eigenvalue weighted by Crippen LogP contribution is -2.14. The Kier molecular flexibility index (Phi) is 5.02. The third-order valence-corrected chi connectivity index (χ3v) is 5.50. The van der Waals surface area contributed by atoms with Crippen LogP contribution >= 0.6 is 23.2 Å². The highest BCUT2D eigenvalue weighted by Crippen LogP contribution is 2.39. The summed E-state index contributed by atoms with van der Waals surface area (Å²) in [4.78, 5) is 0. The van der Waals surface area contributed by atoms with Crippen molar-refractivity contribution in [3.05, 3.63) is 63.6 Å². The molecule has 1 aliphatic rings. The zero-order chi connectivity index (χ0) is 19.9. The van der Waals surface area contributed by atoms with Crippen molar-refractivity contribution in [1.29, 1.82) is 0 Å². The van der Waals surface area contributed by atoms with Crippen molar-refractivity contribution in [2.75, 3.05) is 11.9 Å². The number of nitrogens with zero attached hydrogens (tertiary/aromatic N) is 2. The molecule has 0 spiro atoms. The molecule has 0 amide bonds. The van der Waals surface area contributed by atoms with Crippen molar-refractivity contribution in [2.24, 2.45) is 0 Å². The summed E-state index contributed by atoms with van der Waals surface area (Å²) >= 11 is 12.2. The lowest BCUT2D eigenvalue weighted by Gasteiger charge is -2.15. The Morgan fingerprint density at radius 3 is 2.54 bits per heavy atom. The van der Waals surface area contributed by atoms with Gasteiger partial charge in [0.05, 0.1) is 27.0 Å². The number of fused-ring (bicyclic) bond motifs is 1. The molecular formula is C20H16Cl2F3N3. The maximum absolute atomic E-state index is 13.6. The average Bonchev–Trinajstić information content (AvgIpc) is 2.84. The van der Waals surface area contributed by atoms with E-state index in [1.165, 1.54) is 16.8 Å². The SMILES string of the molecule is FC(F)(F)c1ccccc1-n1nc(-c2ccc(Cl)c(Cl)c2)c2c1NCCCC2. The number of hydrogen-bond donors (Lipinski definition) is 1. The standard InChI is InChI=1S/C20H16Cl2F3N3/c21-15-9-8-12(11-16(15)22)18-13-5-3-4-10-26-19(13)28(27-18)17-7-2-1-6-14(17)20(23,24)25/h1-2,6-9,11,26H,3-5,10H2. The molecule has 8 heteroatoms. The molecule has 0 radical (unpaired) electrons. The highest BCUT2D eigenvalue weighted by atomic mass is 35.5. The van der Waals surface area contributed by atoms with Gasteiger partial charge in [-0.05, 0) is 43.5 Å². The van der Waals surface area contributed by atoms with E-state index >= 15 is 0 Å². The van der Waals surface area contributed by atoms with Crippen molar-refractivity contribution < 1.29 is 13.2 Å². The highest BCUT2D eigenvalue weighted by molar-refractivity contribution is 6.42. The van der Waals surface area contributed by atoms with Gasteiger partial charge < -0.3 is 5.32 Å². The van der Waals surface area contributed by atoms with Gasteiger partial charge in [0.25, 0.3) is 0 Å². The number of anilines is 1. The van der Waals surface area contributed by atoms with Gasteiger partial charge in [-0.25, -0.2) is 4.68 Å². The van der Waals surface area contributed by atoms with E-state index in [1.54, 1.807) is 24.3 Å². The van der Waals surface area contributed by atoms with Crippen LogP contribution in [-0.2, 0) is 12.6 Å². The molecular weight excluding hydrogens is 410 g/mol. The molecule has 0 bridgehead atoms. The van der Waals surface area contributed by atoms with Crippen LogP contribution in [0.3, 0.4) is 0 Å². The minimum Gasteiger partial charge on any atom is -0.370 e. The molecule has 1 aromatic heterocycles. The lowest BCUT2D eigenvalue weighted by atomic mass is 10.0. The van der Waals surface area contributed by atoms with E-state index in [-0.39, 0.29) is 5.69 Å². The number of para-hydroxylation sites is 1. The van der Waals surface area contributed by atoms with Gasteiger partial charge >= 0.3 is 6.18 Å². The van der Waals surface area contributed by atoms with Crippen LogP contribution in [0.25, 0.3) is 16.9 Å². The van der Waals surface area contributed by atoms with E-state index in [2.05, 4.69) is 10.4 Å². The van der Waals surface area contributed by atoms with E-state index in [0.29, 0.717) is 34.5 Å². The zero-order valence-corrected chi connectivity index (χ0v) is 16.2. The molecule has 0 saturated heterocycles. The van der Waals surface area contributed by atoms with E-state index in [0.717, 1.165) is 30.0 Å². The predicted molar refractivity (Wildman–Crippen MR) is 105 cm³/mol. The minimum absolute atomic E-state index is 0.00744. The van der Waals surface area contributed by atoms with Gasteiger partial charge in [-0.1, -0.05) is 41.4 Å². The number of hydrogen-bond acceptors (Lipinski definition) is 2. The topological polar surface area (TPSA) is 29.9 Å². The van der Waals surface area contributed by atoms with Crippen LogP contribution < -0.4 is 5.32 Å². The lowest BCUT2D eigenvalue weighted by molar-refractivity contribution is -0.137. The van der Waals surface area contributed by atoms with Crippen LogP contribution in [0.4, 0.5) is 19.0 Å². The summed E-state index contributed by atoms with van der Waals surface area (Å²) in [5, 5.41) is 8.62. The first kappa shape index (κ1) is 19.2. The van der Waals surface area contributed by atoms with Gasteiger partial charge in [0.2, 0.25) is 0 Å². The van der Waals surface area contributed by atoms with Gasteiger partial charge in [-0.3, -0.25) is 0 Å². The molecule has 0 unspecified atom stereocenters. The second-order valence-corrected chi connectivity index (χ2v) is 7.43. The van der Waals surface area contributed by atoms with E-state index in [4.69, 9.17) is 23.2 Å². The Morgan fingerprint density at radius 1 is 1.00 bits per heavy atom. The molecule has 2 heterocycles. The summed E-state index contributed by atoms with van der Waals surface area (Å²) in [6.45, 7) is 0.674. The second kappa shape index (κ2) is 7.33. The summed E-state index contributed by atoms with van der Waals surface area (Å²) in [7, 11) is 0. The fourth-order valence-electron chi connectivity index (χ4n) is 3.45. The smallest absolute Gasteiger partial charge is 0.370 e. The summed E-state index contributed by atoms with van der Waals surface area (Å²) in [5.74, 6) is 0.593. The van der Waals surface area contributed by atoms with Crippen molar-refractivity contribution in [3.63, 3.8) is 0 Å². The number of nitrogens with one attached hydrogen (secondary N) is 1. The second-order valence-electron chi connectivity index (χ2n) is 6.62. The molecule has 1 N–H and O–H groups in total.